The number of nitrogens with one attached hydrogen (secondary N) is 1. The van der Waals surface area contributed by atoms with Gasteiger partial charge in [0.2, 0.25) is 10.0 Å². The van der Waals surface area contributed by atoms with Gasteiger partial charge in [0.15, 0.2) is 6.10 Å². The summed E-state index contributed by atoms with van der Waals surface area (Å²) in [6, 6.07) is 12.1. The number of hydrogen-bond donors (Lipinski definition) is 1. The number of anilines is 1. The molecule has 0 radical (unpaired) electrons. The van der Waals surface area contributed by atoms with E-state index < -0.39 is 28.0 Å². The quantitative estimate of drug-likeness (QED) is 0.707. The van der Waals surface area contributed by atoms with Crippen molar-refractivity contribution in [2.24, 2.45) is 0 Å². The third kappa shape index (κ3) is 5.08. The van der Waals surface area contributed by atoms with E-state index in [-0.39, 0.29) is 10.5 Å². The Balaban J connectivity index is 2.02. The van der Waals surface area contributed by atoms with Crippen molar-refractivity contribution < 1.29 is 27.5 Å². The summed E-state index contributed by atoms with van der Waals surface area (Å²) in [6.45, 7) is 1.44. The summed E-state index contributed by atoms with van der Waals surface area (Å²) < 4.78 is 35.4. The van der Waals surface area contributed by atoms with Crippen molar-refractivity contribution >= 4 is 27.6 Å². The van der Waals surface area contributed by atoms with Crippen LogP contribution in [0.15, 0.2) is 53.4 Å². The minimum Gasteiger partial charge on any atom is -0.497 e. The van der Waals surface area contributed by atoms with Gasteiger partial charge in [-0.2, -0.15) is 0 Å². The smallest absolute Gasteiger partial charge is 0.338 e. The van der Waals surface area contributed by atoms with Crippen LogP contribution in [-0.4, -0.2) is 51.9 Å². The highest BCUT2D eigenvalue weighted by molar-refractivity contribution is 7.89. The van der Waals surface area contributed by atoms with E-state index in [0.29, 0.717) is 11.4 Å². The second-order valence-electron chi connectivity index (χ2n) is 6.08. The van der Waals surface area contributed by atoms with Crippen LogP contribution in [0.5, 0.6) is 5.75 Å². The Morgan fingerprint density at radius 1 is 1.07 bits per heavy atom. The second kappa shape index (κ2) is 8.85. The van der Waals surface area contributed by atoms with Crippen LogP contribution in [0.1, 0.15) is 17.3 Å². The molecule has 0 fully saturated rings. The SMILES string of the molecule is COc1cccc(NC(=O)[C@H](C)OC(=O)c2ccc(S(=O)(=O)N(C)C)cc2)c1. The predicted molar refractivity (Wildman–Crippen MR) is 104 cm³/mol. The number of esters is 1. The molecule has 0 spiro atoms. The van der Waals surface area contributed by atoms with Crippen LogP contribution in [0.3, 0.4) is 0 Å². The molecule has 1 amide bonds. The summed E-state index contributed by atoms with van der Waals surface area (Å²) in [5, 5.41) is 2.63. The van der Waals surface area contributed by atoms with Crippen LogP contribution in [-0.2, 0) is 19.6 Å². The van der Waals surface area contributed by atoms with Gasteiger partial charge >= 0.3 is 5.97 Å². The first-order valence-electron chi connectivity index (χ1n) is 8.33. The van der Waals surface area contributed by atoms with Gasteiger partial charge in [-0.3, -0.25) is 4.79 Å². The van der Waals surface area contributed by atoms with E-state index in [1.807, 2.05) is 0 Å². The van der Waals surface area contributed by atoms with Gasteiger partial charge in [-0.1, -0.05) is 6.07 Å². The van der Waals surface area contributed by atoms with Crippen molar-refractivity contribution in [3.05, 3.63) is 54.1 Å². The summed E-state index contributed by atoms with van der Waals surface area (Å²) in [5.41, 5.74) is 0.643. The Bertz CT molecular complexity index is 955. The molecular formula is C19H22N2O6S. The molecule has 28 heavy (non-hydrogen) atoms. The van der Waals surface area contributed by atoms with Crippen molar-refractivity contribution in [3.63, 3.8) is 0 Å². The molecule has 0 aromatic heterocycles. The van der Waals surface area contributed by atoms with Gasteiger partial charge in [0, 0.05) is 25.8 Å². The number of nitrogens with zero attached hydrogens (tertiary/aromatic N) is 1. The van der Waals surface area contributed by atoms with Crippen molar-refractivity contribution in [3.8, 4) is 5.75 Å². The molecule has 1 N–H and O–H groups in total. The lowest BCUT2D eigenvalue weighted by Gasteiger charge is -2.14. The number of rotatable bonds is 7. The number of ether oxygens (including phenoxy) is 2. The van der Waals surface area contributed by atoms with Gasteiger partial charge in [0.1, 0.15) is 5.75 Å². The summed E-state index contributed by atoms with van der Waals surface area (Å²) >= 11 is 0. The van der Waals surface area contributed by atoms with Crippen molar-refractivity contribution in [2.45, 2.75) is 17.9 Å². The van der Waals surface area contributed by atoms with E-state index in [0.717, 1.165) is 4.31 Å². The minimum atomic E-state index is -3.59. The van der Waals surface area contributed by atoms with E-state index in [9.17, 15) is 18.0 Å². The van der Waals surface area contributed by atoms with Crippen LogP contribution < -0.4 is 10.1 Å². The molecule has 0 bridgehead atoms. The lowest BCUT2D eigenvalue weighted by molar-refractivity contribution is -0.123. The van der Waals surface area contributed by atoms with Crippen LogP contribution in [0.25, 0.3) is 0 Å². The summed E-state index contributed by atoms with van der Waals surface area (Å²) in [5.74, 6) is -0.661. The molecular weight excluding hydrogens is 384 g/mol. The van der Waals surface area contributed by atoms with Crippen molar-refractivity contribution in [2.75, 3.05) is 26.5 Å². The average molecular weight is 406 g/mol. The van der Waals surface area contributed by atoms with Crippen LogP contribution in [0, 0.1) is 0 Å². The Hall–Kier alpha value is -2.91. The predicted octanol–water partition coefficient (Wildman–Crippen LogP) is 2.13. The molecule has 0 aliphatic heterocycles. The molecule has 0 aliphatic rings. The third-order valence-corrected chi connectivity index (χ3v) is 5.69. The fraction of sp³-hybridized carbons (Fsp3) is 0.263. The monoisotopic (exact) mass is 406 g/mol. The zero-order valence-electron chi connectivity index (χ0n) is 16.0. The molecule has 1 atom stereocenters. The van der Waals surface area contributed by atoms with Crippen molar-refractivity contribution in [1.29, 1.82) is 0 Å². The molecule has 0 unspecified atom stereocenters. The lowest BCUT2D eigenvalue weighted by atomic mass is 10.2. The number of methoxy groups -OCH3 is 1. The molecule has 9 heteroatoms. The molecule has 0 heterocycles. The van der Waals surface area contributed by atoms with E-state index in [1.165, 1.54) is 52.4 Å². The Labute approximate surface area is 164 Å². The van der Waals surface area contributed by atoms with Gasteiger partial charge in [0.25, 0.3) is 5.91 Å². The Morgan fingerprint density at radius 2 is 1.71 bits per heavy atom. The number of amides is 1. The van der Waals surface area contributed by atoms with Gasteiger partial charge in [0.05, 0.1) is 17.6 Å². The second-order valence-corrected chi connectivity index (χ2v) is 8.23. The first kappa shape index (κ1) is 21.4. The van der Waals surface area contributed by atoms with Crippen LogP contribution in [0.4, 0.5) is 5.69 Å². The molecule has 0 saturated carbocycles. The summed E-state index contributed by atoms with van der Waals surface area (Å²) in [6.07, 6.45) is -1.05. The van der Waals surface area contributed by atoms with Crippen molar-refractivity contribution in [1.82, 2.24) is 4.31 Å². The number of carbonyl (C=O) groups excluding carboxylic acids is 2. The maximum atomic E-state index is 12.2. The number of sulfonamides is 1. The third-order valence-electron chi connectivity index (χ3n) is 3.86. The lowest BCUT2D eigenvalue weighted by Crippen LogP contribution is -2.30. The van der Waals surface area contributed by atoms with E-state index >= 15 is 0 Å². The first-order chi connectivity index (χ1) is 13.1. The van der Waals surface area contributed by atoms with E-state index in [2.05, 4.69) is 5.32 Å². The maximum Gasteiger partial charge on any atom is 0.338 e. The Kier molecular flexibility index (Phi) is 6.76. The zero-order chi connectivity index (χ0) is 20.9. The van der Waals surface area contributed by atoms with Gasteiger partial charge in [-0.25, -0.2) is 17.5 Å². The molecule has 0 aliphatic carbocycles. The normalized spacial score (nSPS) is 12.3. The zero-order valence-corrected chi connectivity index (χ0v) is 16.8. The number of benzene rings is 2. The van der Waals surface area contributed by atoms with Gasteiger partial charge < -0.3 is 14.8 Å². The molecule has 8 nitrogen and oxygen atoms in total. The minimum absolute atomic E-state index is 0.0536. The van der Waals surface area contributed by atoms with E-state index in [1.54, 1.807) is 24.3 Å². The van der Waals surface area contributed by atoms with Gasteiger partial charge in [-0.05, 0) is 43.3 Å². The van der Waals surface area contributed by atoms with Crippen LogP contribution >= 0.6 is 0 Å². The van der Waals surface area contributed by atoms with E-state index in [4.69, 9.17) is 9.47 Å². The first-order valence-corrected chi connectivity index (χ1v) is 9.77. The summed E-state index contributed by atoms with van der Waals surface area (Å²) in [7, 11) is 0.758. The fourth-order valence-electron chi connectivity index (χ4n) is 2.20. The topological polar surface area (TPSA) is 102 Å². The highest BCUT2D eigenvalue weighted by Gasteiger charge is 2.21. The molecule has 2 aromatic carbocycles. The number of carbonyl (C=O) groups is 2. The average Bonchev–Trinajstić information content (AvgIpc) is 2.67. The fourth-order valence-corrected chi connectivity index (χ4v) is 3.10. The maximum absolute atomic E-state index is 12.2. The Morgan fingerprint density at radius 3 is 2.29 bits per heavy atom. The summed E-state index contributed by atoms with van der Waals surface area (Å²) in [4.78, 5) is 24.5. The molecule has 0 saturated heterocycles. The highest BCUT2D eigenvalue weighted by atomic mass is 32.2. The molecule has 2 rings (SSSR count). The number of hydrogen-bond acceptors (Lipinski definition) is 6. The molecule has 150 valence electrons. The standard InChI is InChI=1S/C19H22N2O6S/c1-13(18(22)20-15-6-5-7-16(12-15)26-4)27-19(23)14-8-10-17(11-9-14)28(24,25)21(2)3/h5-13H,1-4H3,(H,20,22)/t13-/m0/s1. The van der Waals surface area contributed by atoms with Crippen LogP contribution in [0.2, 0.25) is 0 Å². The highest BCUT2D eigenvalue weighted by Crippen LogP contribution is 2.18. The molecule has 2 aromatic rings. The van der Waals surface area contributed by atoms with Gasteiger partial charge in [-0.15, -0.1) is 0 Å². The largest absolute Gasteiger partial charge is 0.497 e.